The molecular formula is C23H17N7O2. The number of hydrogen-bond donors (Lipinski definition) is 0. The fourth-order valence-electron chi connectivity index (χ4n) is 4.35. The fraction of sp³-hybridized carbons (Fsp3) is 0.174. The molecule has 5 aromatic rings. The molecule has 0 saturated carbocycles. The number of rotatable bonds is 2. The molecule has 0 N–H and O–H groups in total. The highest BCUT2D eigenvalue weighted by atomic mass is 16.5. The maximum absolute atomic E-state index is 13.3. The van der Waals surface area contributed by atoms with Gasteiger partial charge in [-0.2, -0.15) is 10.2 Å². The molecule has 1 aliphatic heterocycles. The Bertz CT molecular complexity index is 1620. The van der Waals surface area contributed by atoms with Crippen LogP contribution in [0.5, 0.6) is 5.75 Å². The summed E-state index contributed by atoms with van der Waals surface area (Å²) >= 11 is 0. The van der Waals surface area contributed by atoms with E-state index in [9.17, 15) is 10.1 Å². The van der Waals surface area contributed by atoms with E-state index in [1.165, 1.54) is 0 Å². The second-order valence-corrected chi connectivity index (χ2v) is 7.71. The molecular weight excluding hydrogens is 406 g/mol. The third kappa shape index (κ3) is 2.56. The summed E-state index contributed by atoms with van der Waals surface area (Å²) in [7, 11) is 1.72. The van der Waals surface area contributed by atoms with Crippen LogP contribution in [0, 0.1) is 11.3 Å². The highest BCUT2D eigenvalue weighted by molar-refractivity contribution is 5.79. The number of ether oxygens (including phenoxy) is 1. The van der Waals surface area contributed by atoms with Gasteiger partial charge < -0.3 is 4.74 Å². The standard InChI is InChI=1S/C23H17N7O2/c1-28-19-12-25-22(29-13-26-16-7-6-14(11-24)10-18(16)29)27-21(19)30(23(28)31)17-8-9-32-20-5-3-2-4-15(17)20/h2-7,10,12-13,17H,8-9H2,1H3. The number of nitrogens with zero attached hydrogens (tertiary/aromatic N) is 7. The number of fused-ring (bicyclic) bond motifs is 3. The van der Waals surface area contributed by atoms with Gasteiger partial charge in [-0.3, -0.25) is 13.7 Å². The SMILES string of the molecule is Cn1c(=O)n(C2CCOc3ccccc32)c2nc(-n3cnc4ccc(C#N)cc43)ncc21. The van der Waals surface area contributed by atoms with Crippen LogP contribution in [0.15, 0.2) is 59.8 Å². The van der Waals surface area contributed by atoms with E-state index in [-0.39, 0.29) is 11.7 Å². The Labute approximate surface area is 181 Å². The molecule has 9 nitrogen and oxygen atoms in total. The molecule has 0 bridgehead atoms. The Balaban J connectivity index is 1.59. The number of nitriles is 1. The minimum absolute atomic E-state index is 0.157. The zero-order valence-electron chi connectivity index (χ0n) is 17.1. The van der Waals surface area contributed by atoms with E-state index in [2.05, 4.69) is 16.0 Å². The molecule has 0 saturated heterocycles. The van der Waals surface area contributed by atoms with E-state index < -0.39 is 0 Å². The zero-order valence-corrected chi connectivity index (χ0v) is 17.1. The highest BCUT2D eigenvalue weighted by Gasteiger charge is 2.28. The molecule has 1 atom stereocenters. The Morgan fingerprint density at radius 3 is 2.91 bits per heavy atom. The van der Waals surface area contributed by atoms with Gasteiger partial charge in [0, 0.05) is 19.0 Å². The predicted molar refractivity (Wildman–Crippen MR) is 117 cm³/mol. The van der Waals surface area contributed by atoms with E-state index in [0.717, 1.165) is 22.3 Å². The fourth-order valence-corrected chi connectivity index (χ4v) is 4.35. The van der Waals surface area contributed by atoms with Crippen molar-refractivity contribution in [2.24, 2.45) is 7.05 Å². The molecule has 0 spiro atoms. The van der Waals surface area contributed by atoms with Crippen LogP contribution in [0.1, 0.15) is 23.6 Å². The van der Waals surface area contributed by atoms with Gasteiger partial charge in [0.15, 0.2) is 5.65 Å². The molecule has 156 valence electrons. The van der Waals surface area contributed by atoms with Crippen molar-refractivity contribution in [3.63, 3.8) is 0 Å². The molecule has 6 rings (SSSR count). The number of benzene rings is 2. The average Bonchev–Trinajstić information content (AvgIpc) is 3.36. The van der Waals surface area contributed by atoms with Crippen molar-refractivity contribution in [1.29, 1.82) is 5.26 Å². The van der Waals surface area contributed by atoms with E-state index in [0.29, 0.717) is 35.7 Å². The second-order valence-electron chi connectivity index (χ2n) is 7.71. The number of imidazole rings is 2. The van der Waals surface area contributed by atoms with Crippen molar-refractivity contribution in [1.82, 2.24) is 28.7 Å². The van der Waals surface area contributed by atoms with Gasteiger partial charge in [-0.1, -0.05) is 18.2 Å². The van der Waals surface area contributed by atoms with E-state index in [1.54, 1.807) is 51.5 Å². The monoisotopic (exact) mass is 423 g/mol. The average molecular weight is 423 g/mol. The Kier molecular flexibility index (Phi) is 3.89. The first-order chi connectivity index (χ1) is 15.7. The van der Waals surface area contributed by atoms with E-state index >= 15 is 0 Å². The predicted octanol–water partition coefficient (Wildman–Crippen LogP) is 2.71. The number of hydrogen-bond acceptors (Lipinski definition) is 6. The molecule has 4 heterocycles. The van der Waals surface area contributed by atoms with Crippen LogP contribution in [-0.2, 0) is 7.05 Å². The molecule has 2 aromatic carbocycles. The summed E-state index contributed by atoms with van der Waals surface area (Å²) in [5.41, 5.74) is 3.97. The van der Waals surface area contributed by atoms with Crippen LogP contribution >= 0.6 is 0 Å². The molecule has 0 aliphatic carbocycles. The number of para-hydroxylation sites is 1. The second kappa shape index (κ2) is 6.78. The molecule has 0 fully saturated rings. The van der Waals surface area contributed by atoms with Crippen LogP contribution in [0.25, 0.3) is 28.1 Å². The molecule has 32 heavy (non-hydrogen) atoms. The van der Waals surface area contributed by atoms with Crippen LogP contribution in [0.3, 0.4) is 0 Å². The third-order valence-electron chi connectivity index (χ3n) is 5.95. The Morgan fingerprint density at radius 1 is 1.16 bits per heavy atom. The minimum Gasteiger partial charge on any atom is -0.493 e. The van der Waals surface area contributed by atoms with Gasteiger partial charge in [0.05, 0.1) is 41.5 Å². The van der Waals surface area contributed by atoms with Crippen molar-refractivity contribution in [2.75, 3.05) is 6.61 Å². The summed E-state index contributed by atoms with van der Waals surface area (Å²) in [4.78, 5) is 26.9. The smallest absolute Gasteiger partial charge is 0.330 e. The Hall–Kier alpha value is -4.45. The summed E-state index contributed by atoms with van der Waals surface area (Å²) in [5, 5.41) is 9.27. The number of aromatic nitrogens is 6. The Morgan fingerprint density at radius 2 is 2.03 bits per heavy atom. The van der Waals surface area contributed by atoms with Crippen molar-refractivity contribution in [3.8, 4) is 17.8 Å². The highest BCUT2D eigenvalue weighted by Crippen LogP contribution is 2.35. The lowest BCUT2D eigenvalue weighted by Gasteiger charge is -2.26. The van der Waals surface area contributed by atoms with Gasteiger partial charge >= 0.3 is 5.69 Å². The first-order valence-corrected chi connectivity index (χ1v) is 10.2. The molecule has 9 heteroatoms. The van der Waals surface area contributed by atoms with Crippen molar-refractivity contribution < 1.29 is 4.74 Å². The van der Waals surface area contributed by atoms with Crippen molar-refractivity contribution in [2.45, 2.75) is 12.5 Å². The van der Waals surface area contributed by atoms with Gasteiger partial charge in [0.2, 0.25) is 5.95 Å². The van der Waals surface area contributed by atoms with Crippen LogP contribution in [0.4, 0.5) is 0 Å². The topological polar surface area (TPSA) is 104 Å². The summed E-state index contributed by atoms with van der Waals surface area (Å²) in [6.07, 6.45) is 3.94. The number of aryl methyl sites for hydroxylation is 1. The quantitative estimate of drug-likeness (QED) is 0.432. The molecule has 0 radical (unpaired) electrons. The third-order valence-corrected chi connectivity index (χ3v) is 5.95. The lowest BCUT2D eigenvalue weighted by molar-refractivity contribution is 0.256. The maximum Gasteiger partial charge on any atom is 0.330 e. The van der Waals surface area contributed by atoms with Crippen LogP contribution in [0.2, 0.25) is 0 Å². The lowest BCUT2D eigenvalue weighted by atomic mass is 10.0. The first-order valence-electron chi connectivity index (χ1n) is 10.2. The minimum atomic E-state index is -0.191. The van der Waals surface area contributed by atoms with E-state index in [1.807, 2.05) is 24.3 Å². The maximum atomic E-state index is 13.3. The van der Waals surface area contributed by atoms with Crippen LogP contribution < -0.4 is 10.4 Å². The molecule has 3 aromatic heterocycles. The van der Waals surface area contributed by atoms with Gasteiger partial charge in [-0.05, 0) is 24.3 Å². The largest absolute Gasteiger partial charge is 0.493 e. The van der Waals surface area contributed by atoms with Gasteiger partial charge in [-0.25, -0.2) is 14.8 Å². The summed E-state index contributed by atoms with van der Waals surface area (Å²) < 4.78 is 10.8. The van der Waals surface area contributed by atoms with Crippen molar-refractivity contribution >= 4 is 22.2 Å². The molecule has 0 amide bonds. The summed E-state index contributed by atoms with van der Waals surface area (Å²) in [5.74, 6) is 1.17. The normalized spacial score (nSPS) is 15.4. The van der Waals surface area contributed by atoms with Gasteiger partial charge in [-0.15, -0.1) is 0 Å². The molecule has 1 unspecified atom stereocenters. The summed E-state index contributed by atoms with van der Waals surface area (Å²) in [6.45, 7) is 0.519. The lowest BCUT2D eigenvalue weighted by Crippen LogP contribution is -2.30. The van der Waals surface area contributed by atoms with Gasteiger partial charge in [0.25, 0.3) is 0 Å². The first kappa shape index (κ1) is 18.3. The summed E-state index contributed by atoms with van der Waals surface area (Å²) in [6, 6.07) is 15.0. The van der Waals surface area contributed by atoms with Crippen molar-refractivity contribution in [3.05, 3.63) is 76.6 Å². The van der Waals surface area contributed by atoms with Crippen LogP contribution in [-0.4, -0.2) is 35.3 Å². The van der Waals surface area contributed by atoms with E-state index in [4.69, 9.17) is 9.72 Å². The van der Waals surface area contributed by atoms with Gasteiger partial charge in [0.1, 0.15) is 17.6 Å². The molecule has 1 aliphatic rings. The zero-order chi connectivity index (χ0) is 21.8.